The van der Waals surface area contributed by atoms with Crippen molar-refractivity contribution in [2.45, 2.75) is 11.5 Å². The van der Waals surface area contributed by atoms with E-state index in [2.05, 4.69) is 0 Å². The molecule has 10 heteroatoms. The third-order valence-electron chi connectivity index (χ3n) is 7.04. The van der Waals surface area contributed by atoms with Crippen LogP contribution in [0.2, 0.25) is 0 Å². The van der Waals surface area contributed by atoms with Crippen LogP contribution in [-0.2, 0) is 10.2 Å². The Morgan fingerprint density at radius 3 is 2.12 bits per heavy atom. The molecular weight excluding hydrogens is 520 g/mol. The first-order valence-electron chi connectivity index (χ1n) is 12.0. The molecule has 0 amide bonds. The van der Waals surface area contributed by atoms with E-state index in [0.29, 0.717) is 11.1 Å². The maximum Gasteiger partial charge on any atom is 0.331 e. The van der Waals surface area contributed by atoms with Crippen molar-refractivity contribution in [3.05, 3.63) is 88.5 Å². The van der Waals surface area contributed by atoms with Gasteiger partial charge in [0.1, 0.15) is 40.6 Å². The minimum absolute atomic E-state index is 0.0206. The monoisotopic (exact) mass is 542 g/mol. The number of rotatable bonds is 4. The molecule has 2 heterocycles. The molecule has 0 fully saturated rings. The summed E-state index contributed by atoms with van der Waals surface area (Å²) < 4.78 is 17.4. The van der Waals surface area contributed by atoms with E-state index >= 15 is 0 Å². The Bertz CT molecular complexity index is 1700. The summed E-state index contributed by atoms with van der Waals surface area (Å²) in [6.07, 6.45) is 1.94. The second-order valence-electron chi connectivity index (χ2n) is 9.46. The third kappa shape index (κ3) is 3.53. The van der Waals surface area contributed by atoms with Crippen molar-refractivity contribution in [3.8, 4) is 51.7 Å². The summed E-state index contributed by atoms with van der Waals surface area (Å²) in [7, 11) is 1.30. The fourth-order valence-corrected chi connectivity index (χ4v) is 5.51. The highest BCUT2D eigenvalue weighted by Gasteiger charge is 2.65. The molecule has 4 aromatic rings. The lowest BCUT2D eigenvalue weighted by Crippen LogP contribution is -2.40. The van der Waals surface area contributed by atoms with Gasteiger partial charge < -0.3 is 44.8 Å². The summed E-state index contributed by atoms with van der Waals surface area (Å²) in [6.45, 7) is 0. The lowest BCUT2D eigenvalue weighted by molar-refractivity contribution is -0.139. The largest absolute Gasteiger partial charge is 0.508 e. The van der Waals surface area contributed by atoms with E-state index in [4.69, 9.17) is 14.2 Å². The van der Waals surface area contributed by atoms with Gasteiger partial charge in [0.05, 0.1) is 12.7 Å². The van der Waals surface area contributed by atoms with Crippen LogP contribution in [0.4, 0.5) is 0 Å². The Morgan fingerprint density at radius 2 is 1.45 bits per heavy atom. The first-order valence-corrected chi connectivity index (χ1v) is 12.0. The van der Waals surface area contributed by atoms with Gasteiger partial charge in [-0.2, -0.15) is 0 Å². The lowest BCUT2D eigenvalue weighted by Gasteiger charge is -2.29. The van der Waals surface area contributed by atoms with Crippen molar-refractivity contribution < 1.29 is 49.6 Å². The maximum atomic E-state index is 14.0. The molecule has 0 aromatic heterocycles. The number of carbonyl (C=O) groups excluding carboxylic acids is 1. The van der Waals surface area contributed by atoms with Crippen LogP contribution < -0.4 is 14.2 Å². The third-order valence-corrected chi connectivity index (χ3v) is 7.04. The van der Waals surface area contributed by atoms with E-state index < -0.39 is 23.2 Å². The second-order valence-corrected chi connectivity index (χ2v) is 9.46. The zero-order valence-corrected chi connectivity index (χ0v) is 20.8. The quantitative estimate of drug-likeness (QED) is 0.123. The van der Waals surface area contributed by atoms with Gasteiger partial charge in [-0.3, -0.25) is 4.79 Å². The first-order chi connectivity index (χ1) is 19.1. The van der Waals surface area contributed by atoms with Gasteiger partial charge in [0, 0.05) is 23.8 Å². The smallest absolute Gasteiger partial charge is 0.331 e. The standard InChI is InChI=1S/C30H22O10/c1-38-26-22(36)10-16(3-2-14-8-18(32)11-19(33)9-14)24-27(26)40-29(37)30(24)25-21(35)12-20(34)13-23(25)39-28(30)15-4-6-17(31)7-5-15/h2-13,28,31-36H,1H3/b3-2+/t28-,30+/m1/s1. The molecule has 0 radical (unpaired) electrons. The minimum Gasteiger partial charge on any atom is -0.508 e. The molecule has 4 aromatic carbocycles. The number of benzene rings is 4. The molecule has 6 rings (SSSR count). The van der Waals surface area contributed by atoms with Crippen LogP contribution in [0, 0.1) is 0 Å². The number of methoxy groups -OCH3 is 1. The van der Waals surface area contributed by atoms with Crippen LogP contribution in [0.25, 0.3) is 12.2 Å². The summed E-state index contributed by atoms with van der Waals surface area (Å²) in [5, 5.41) is 61.8. The average molecular weight is 542 g/mol. The van der Waals surface area contributed by atoms with Crippen molar-refractivity contribution in [3.63, 3.8) is 0 Å². The van der Waals surface area contributed by atoms with Crippen molar-refractivity contribution in [1.82, 2.24) is 0 Å². The van der Waals surface area contributed by atoms with Gasteiger partial charge in [-0.1, -0.05) is 24.3 Å². The van der Waals surface area contributed by atoms with Crippen LogP contribution in [0.5, 0.6) is 51.7 Å². The van der Waals surface area contributed by atoms with Crippen molar-refractivity contribution >= 4 is 18.1 Å². The van der Waals surface area contributed by atoms with Gasteiger partial charge >= 0.3 is 5.97 Å². The predicted octanol–water partition coefficient (Wildman–Crippen LogP) is 4.44. The van der Waals surface area contributed by atoms with Crippen LogP contribution in [0.15, 0.2) is 60.7 Å². The first kappa shape index (κ1) is 24.8. The van der Waals surface area contributed by atoms with Gasteiger partial charge in [-0.25, -0.2) is 0 Å². The topological polar surface area (TPSA) is 166 Å². The van der Waals surface area contributed by atoms with Crippen LogP contribution in [-0.4, -0.2) is 43.7 Å². The van der Waals surface area contributed by atoms with Gasteiger partial charge in [-0.05, 0) is 47.0 Å². The summed E-state index contributed by atoms with van der Waals surface area (Å²) in [6, 6.07) is 13.6. The Balaban J connectivity index is 1.68. The highest BCUT2D eigenvalue weighted by Crippen LogP contribution is 2.65. The van der Waals surface area contributed by atoms with E-state index in [1.165, 1.54) is 49.6 Å². The average Bonchev–Trinajstić information content (AvgIpc) is 3.38. The Hall–Kier alpha value is -5.51. The van der Waals surface area contributed by atoms with E-state index in [1.54, 1.807) is 24.3 Å². The number of esters is 1. The molecule has 0 unspecified atom stereocenters. The number of ether oxygens (including phenoxy) is 3. The number of hydrogen-bond donors (Lipinski definition) is 6. The highest BCUT2D eigenvalue weighted by atomic mass is 16.6. The van der Waals surface area contributed by atoms with Crippen LogP contribution >= 0.6 is 0 Å². The molecule has 2 aliphatic heterocycles. The molecule has 10 nitrogen and oxygen atoms in total. The van der Waals surface area contributed by atoms with E-state index in [0.717, 1.165) is 6.07 Å². The summed E-state index contributed by atoms with van der Waals surface area (Å²) in [5.41, 5.74) is -0.491. The molecule has 0 saturated carbocycles. The highest BCUT2D eigenvalue weighted by molar-refractivity contribution is 6.01. The normalized spacial score (nSPS) is 18.9. The Kier molecular flexibility index (Phi) is 5.44. The second kappa shape index (κ2) is 8.77. The van der Waals surface area contributed by atoms with E-state index in [9.17, 15) is 35.4 Å². The zero-order valence-electron chi connectivity index (χ0n) is 20.8. The van der Waals surface area contributed by atoms with Gasteiger partial charge in [0.15, 0.2) is 16.9 Å². The molecule has 0 bridgehead atoms. The zero-order chi connectivity index (χ0) is 28.3. The van der Waals surface area contributed by atoms with Crippen LogP contribution in [0.3, 0.4) is 0 Å². The molecular formula is C30H22O10. The number of phenolic OH excluding ortho intramolecular Hbond substituents is 6. The predicted molar refractivity (Wildman–Crippen MR) is 141 cm³/mol. The van der Waals surface area contributed by atoms with Crippen molar-refractivity contribution in [2.75, 3.05) is 7.11 Å². The SMILES string of the molecule is COc1c(O)cc(/C=C/c2cc(O)cc(O)c2)c2c1OC(=O)[C@]21c2c(O)cc(O)cc2O[C@@H]1c1ccc(O)cc1. The molecule has 40 heavy (non-hydrogen) atoms. The molecule has 1 spiro atoms. The number of aromatic hydroxyl groups is 6. The fraction of sp³-hybridized carbons (Fsp3) is 0.100. The number of carbonyl (C=O) groups is 1. The van der Waals surface area contributed by atoms with Crippen molar-refractivity contribution in [1.29, 1.82) is 0 Å². The summed E-state index contributed by atoms with van der Waals surface area (Å²) >= 11 is 0. The summed E-state index contributed by atoms with van der Waals surface area (Å²) in [4.78, 5) is 14.0. The minimum atomic E-state index is -1.85. The number of fused-ring (bicyclic) bond motifs is 4. The van der Waals surface area contributed by atoms with Gasteiger partial charge in [-0.15, -0.1) is 0 Å². The maximum absolute atomic E-state index is 14.0. The molecule has 2 atom stereocenters. The molecule has 0 saturated heterocycles. The lowest BCUT2D eigenvalue weighted by atomic mass is 9.68. The molecule has 2 aliphatic rings. The van der Waals surface area contributed by atoms with Crippen LogP contribution in [0.1, 0.15) is 33.9 Å². The molecule has 202 valence electrons. The Morgan fingerprint density at radius 1 is 0.775 bits per heavy atom. The van der Waals surface area contributed by atoms with E-state index in [1.807, 2.05) is 0 Å². The summed E-state index contributed by atoms with van der Waals surface area (Å²) in [5.74, 6) is -2.46. The van der Waals surface area contributed by atoms with Gasteiger partial charge in [0.2, 0.25) is 5.75 Å². The molecule has 0 aliphatic carbocycles. The van der Waals surface area contributed by atoms with Crippen molar-refractivity contribution in [2.24, 2.45) is 0 Å². The van der Waals surface area contributed by atoms with E-state index in [-0.39, 0.29) is 62.7 Å². The fourth-order valence-electron chi connectivity index (χ4n) is 5.51. The number of phenols is 6. The Labute approximate surface area is 226 Å². The van der Waals surface area contributed by atoms with Gasteiger partial charge in [0.25, 0.3) is 0 Å². The number of hydrogen-bond acceptors (Lipinski definition) is 10. The molecule has 6 N–H and O–H groups in total.